The fourth-order valence-corrected chi connectivity index (χ4v) is 1.91. The van der Waals surface area contributed by atoms with Crippen molar-refractivity contribution in [3.05, 3.63) is 41.3 Å². The Labute approximate surface area is 93.1 Å². The third kappa shape index (κ3) is 1.39. The predicted molar refractivity (Wildman–Crippen MR) is 62.3 cm³/mol. The molecule has 80 valence electrons. The number of anilines is 1. The zero-order chi connectivity index (χ0) is 11.0. The van der Waals surface area contributed by atoms with Gasteiger partial charge in [-0.1, -0.05) is 12.1 Å². The molecule has 4 nitrogen and oxygen atoms in total. The average molecular weight is 213 g/mol. The molecule has 1 aromatic rings. The van der Waals surface area contributed by atoms with Gasteiger partial charge in [-0.05, 0) is 25.0 Å². The Morgan fingerprint density at radius 2 is 2.06 bits per heavy atom. The van der Waals surface area contributed by atoms with Crippen LogP contribution in [0.15, 0.2) is 40.8 Å². The van der Waals surface area contributed by atoms with Gasteiger partial charge in [-0.25, -0.2) is 4.99 Å². The number of nitrogens with zero attached hydrogens (tertiary/aromatic N) is 1. The molecule has 0 radical (unpaired) electrons. The number of rotatable bonds is 0. The maximum atomic E-state index is 11.9. The minimum atomic E-state index is -0.0646. The van der Waals surface area contributed by atoms with Crippen LogP contribution >= 0.6 is 0 Å². The molecule has 16 heavy (non-hydrogen) atoms. The zero-order valence-corrected chi connectivity index (χ0v) is 8.66. The Kier molecular flexibility index (Phi) is 1.99. The van der Waals surface area contributed by atoms with Crippen LogP contribution in [0, 0.1) is 0 Å². The summed E-state index contributed by atoms with van der Waals surface area (Å²) in [7, 11) is 0. The third-order valence-corrected chi connectivity index (χ3v) is 2.72. The lowest BCUT2D eigenvalue weighted by Gasteiger charge is -2.13. The Balaban J connectivity index is 2.10. The molecule has 0 bridgehead atoms. The highest BCUT2D eigenvalue weighted by molar-refractivity contribution is 6.01. The van der Waals surface area contributed by atoms with Crippen molar-refractivity contribution in [1.82, 2.24) is 5.32 Å². The largest absolute Gasteiger partial charge is 0.338 e. The number of benzene rings is 1. The fraction of sp³-hybridized carbons (Fsp3) is 0.167. The number of aliphatic imine (C=N–C) groups is 1. The van der Waals surface area contributed by atoms with Crippen molar-refractivity contribution < 1.29 is 4.79 Å². The van der Waals surface area contributed by atoms with Crippen LogP contribution < -0.4 is 10.6 Å². The van der Waals surface area contributed by atoms with Crippen LogP contribution in [-0.4, -0.2) is 12.1 Å². The number of nitrogens with one attached hydrogen (secondary N) is 2. The lowest BCUT2D eigenvalue weighted by molar-refractivity contribution is 0.0966. The Hall–Kier alpha value is -2.10. The smallest absolute Gasteiger partial charge is 0.257 e. The molecule has 1 amide bonds. The molecule has 3 rings (SSSR count). The third-order valence-electron chi connectivity index (χ3n) is 2.72. The van der Waals surface area contributed by atoms with E-state index in [9.17, 15) is 4.79 Å². The van der Waals surface area contributed by atoms with Crippen molar-refractivity contribution in [3.8, 4) is 0 Å². The molecule has 0 atom stereocenters. The number of carbonyl (C=O) groups is 1. The van der Waals surface area contributed by atoms with Gasteiger partial charge in [0.25, 0.3) is 5.91 Å². The van der Waals surface area contributed by atoms with Crippen molar-refractivity contribution in [2.24, 2.45) is 4.99 Å². The molecule has 0 aliphatic carbocycles. The van der Waals surface area contributed by atoms with E-state index in [1.54, 1.807) is 6.07 Å². The summed E-state index contributed by atoms with van der Waals surface area (Å²) in [6.07, 6.45) is 3.56. The lowest BCUT2D eigenvalue weighted by atomic mass is 10.1. The summed E-state index contributed by atoms with van der Waals surface area (Å²) in [6, 6.07) is 7.44. The summed E-state index contributed by atoms with van der Waals surface area (Å²) in [4.78, 5) is 16.2. The van der Waals surface area contributed by atoms with Crippen molar-refractivity contribution in [3.63, 3.8) is 0 Å². The van der Waals surface area contributed by atoms with Crippen LogP contribution in [0.25, 0.3) is 0 Å². The van der Waals surface area contributed by atoms with Crippen molar-refractivity contribution in [1.29, 1.82) is 0 Å². The monoisotopic (exact) mass is 213 g/mol. The number of allylic oxidation sites excluding steroid dienone is 1. The van der Waals surface area contributed by atoms with Gasteiger partial charge in [-0.2, -0.15) is 0 Å². The minimum absolute atomic E-state index is 0.0646. The number of amides is 1. The van der Waals surface area contributed by atoms with Gasteiger partial charge < -0.3 is 10.6 Å². The van der Waals surface area contributed by atoms with Crippen molar-refractivity contribution in [2.75, 3.05) is 5.32 Å². The first kappa shape index (κ1) is 9.15. The van der Waals surface area contributed by atoms with Crippen molar-refractivity contribution in [2.45, 2.75) is 12.8 Å². The van der Waals surface area contributed by atoms with Crippen LogP contribution in [0.2, 0.25) is 0 Å². The SMILES string of the molecule is O=C1NC2=C(N=CCC2)Nc2ccccc21. The number of hydrogen-bond donors (Lipinski definition) is 2. The molecule has 0 saturated carbocycles. The van der Waals surface area contributed by atoms with Gasteiger partial charge in [0.2, 0.25) is 0 Å². The van der Waals surface area contributed by atoms with Gasteiger partial charge in [-0.15, -0.1) is 0 Å². The lowest BCUT2D eigenvalue weighted by Crippen LogP contribution is -2.23. The van der Waals surface area contributed by atoms with E-state index in [4.69, 9.17) is 0 Å². The van der Waals surface area contributed by atoms with Crippen LogP contribution in [0.3, 0.4) is 0 Å². The molecule has 2 aliphatic rings. The quantitative estimate of drug-likeness (QED) is 0.691. The second kappa shape index (κ2) is 3.48. The van der Waals surface area contributed by atoms with Crippen LogP contribution in [0.5, 0.6) is 0 Å². The van der Waals surface area contributed by atoms with E-state index in [1.165, 1.54) is 0 Å². The van der Waals surface area contributed by atoms with E-state index in [-0.39, 0.29) is 5.91 Å². The Morgan fingerprint density at radius 1 is 1.19 bits per heavy atom. The highest BCUT2D eigenvalue weighted by atomic mass is 16.1. The van der Waals surface area contributed by atoms with E-state index in [0.717, 1.165) is 30.0 Å². The summed E-state index contributed by atoms with van der Waals surface area (Å²) in [5.41, 5.74) is 2.35. The number of carbonyl (C=O) groups excluding carboxylic acids is 1. The minimum Gasteiger partial charge on any atom is -0.338 e. The van der Waals surface area contributed by atoms with Gasteiger partial charge in [0, 0.05) is 6.21 Å². The molecule has 0 spiro atoms. The Bertz CT molecular complexity index is 517. The second-order valence-corrected chi connectivity index (χ2v) is 3.80. The number of hydrogen-bond acceptors (Lipinski definition) is 3. The molecule has 0 saturated heterocycles. The zero-order valence-electron chi connectivity index (χ0n) is 8.66. The standard InChI is InChI=1S/C12H11N3O/c16-12-8-4-1-2-5-9(8)14-11-10(15-12)6-3-7-13-11/h1-2,4-5,7,14H,3,6H2,(H,15,16). The van der Waals surface area contributed by atoms with Crippen LogP contribution in [0.4, 0.5) is 5.69 Å². The normalized spacial score (nSPS) is 18.1. The topological polar surface area (TPSA) is 53.5 Å². The second-order valence-electron chi connectivity index (χ2n) is 3.80. The van der Waals surface area contributed by atoms with Gasteiger partial charge in [0.15, 0.2) is 0 Å². The number of para-hydroxylation sites is 1. The van der Waals surface area contributed by atoms with E-state index in [0.29, 0.717) is 5.56 Å². The molecule has 0 unspecified atom stereocenters. The van der Waals surface area contributed by atoms with Gasteiger partial charge >= 0.3 is 0 Å². The number of fused-ring (bicyclic) bond motifs is 1. The van der Waals surface area contributed by atoms with E-state index < -0.39 is 0 Å². The van der Waals surface area contributed by atoms with E-state index in [2.05, 4.69) is 15.6 Å². The highest BCUT2D eigenvalue weighted by Gasteiger charge is 2.21. The molecule has 1 aromatic carbocycles. The van der Waals surface area contributed by atoms with E-state index in [1.807, 2.05) is 24.4 Å². The van der Waals surface area contributed by atoms with Gasteiger partial charge in [0.05, 0.1) is 16.9 Å². The molecular formula is C12H11N3O. The summed E-state index contributed by atoms with van der Waals surface area (Å²) < 4.78 is 0. The van der Waals surface area contributed by atoms with Gasteiger partial charge in [0.1, 0.15) is 5.82 Å². The summed E-state index contributed by atoms with van der Waals surface area (Å²) >= 11 is 0. The van der Waals surface area contributed by atoms with Crippen LogP contribution in [-0.2, 0) is 0 Å². The molecule has 2 aliphatic heterocycles. The molecule has 2 heterocycles. The highest BCUT2D eigenvalue weighted by Crippen LogP contribution is 2.24. The van der Waals surface area contributed by atoms with Crippen molar-refractivity contribution >= 4 is 17.8 Å². The molecule has 0 fully saturated rings. The Morgan fingerprint density at radius 3 is 3.00 bits per heavy atom. The molecular weight excluding hydrogens is 202 g/mol. The maximum Gasteiger partial charge on any atom is 0.257 e. The first-order valence-corrected chi connectivity index (χ1v) is 5.28. The molecule has 0 aromatic heterocycles. The summed E-state index contributed by atoms with van der Waals surface area (Å²) in [5.74, 6) is 0.690. The van der Waals surface area contributed by atoms with E-state index >= 15 is 0 Å². The first-order chi connectivity index (χ1) is 7.84. The summed E-state index contributed by atoms with van der Waals surface area (Å²) in [6.45, 7) is 0. The first-order valence-electron chi connectivity index (χ1n) is 5.28. The molecule has 4 heteroatoms. The van der Waals surface area contributed by atoms with Gasteiger partial charge in [-0.3, -0.25) is 4.79 Å². The average Bonchev–Trinajstić information content (AvgIpc) is 2.45. The molecule has 2 N–H and O–H groups in total. The fourth-order valence-electron chi connectivity index (χ4n) is 1.91. The van der Waals surface area contributed by atoms with Crippen LogP contribution in [0.1, 0.15) is 23.2 Å². The maximum absolute atomic E-state index is 11.9. The summed E-state index contributed by atoms with van der Waals surface area (Å²) in [5, 5.41) is 6.09. The predicted octanol–water partition coefficient (Wildman–Crippen LogP) is 1.88.